The average Bonchev–Trinajstić information content (AvgIpc) is 2.46. The third-order valence-electron chi connectivity index (χ3n) is 2.88. The fourth-order valence-electron chi connectivity index (χ4n) is 1.87. The maximum absolute atomic E-state index is 12.1. The molecule has 2 N–H and O–H groups in total. The molecule has 0 aromatic heterocycles. The maximum Gasteiger partial charge on any atom is 0.390 e. The van der Waals surface area contributed by atoms with Crippen molar-refractivity contribution in [3.8, 4) is 5.75 Å². The second-order valence-electron chi connectivity index (χ2n) is 4.58. The van der Waals surface area contributed by atoms with Crippen LogP contribution in [0.25, 0.3) is 0 Å². The fraction of sp³-hybridized carbons (Fsp3) is 0.533. The smallest absolute Gasteiger partial charge is 0.390 e. The molecule has 124 valence electrons. The lowest BCUT2D eigenvalue weighted by molar-refractivity contribution is -0.132. The van der Waals surface area contributed by atoms with Crippen LogP contribution in [0.1, 0.15) is 18.9 Å². The van der Waals surface area contributed by atoms with Gasteiger partial charge in [-0.15, -0.1) is 0 Å². The first-order chi connectivity index (χ1) is 10.5. The number of guanidine groups is 1. The van der Waals surface area contributed by atoms with E-state index in [1.807, 2.05) is 31.2 Å². The molecule has 0 saturated heterocycles. The molecular formula is C15H22F3N3O. The van der Waals surface area contributed by atoms with Gasteiger partial charge in [0.05, 0.1) is 13.0 Å². The van der Waals surface area contributed by atoms with Gasteiger partial charge in [0.15, 0.2) is 5.96 Å². The number of para-hydroxylation sites is 1. The summed E-state index contributed by atoms with van der Waals surface area (Å²) < 4.78 is 41.8. The van der Waals surface area contributed by atoms with Crippen molar-refractivity contribution < 1.29 is 17.9 Å². The minimum atomic E-state index is -4.16. The summed E-state index contributed by atoms with van der Waals surface area (Å²) in [7, 11) is 1.52. The molecule has 0 radical (unpaired) electrons. The lowest BCUT2D eigenvalue weighted by Gasteiger charge is -2.14. The van der Waals surface area contributed by atoms with Crippen LogP contribution in [0.2, 0.25) is 0 Å². The standard InChI is InChI=1S/C15H22F3N3O/c1-3-22-13-7-5-4-6-12(13)8-10-20-14(19-2)21-11-9-15(16,17)18/h4-7H,3,8-11H2,1-2H3,(H2,19,20,21). The molecule has 0 spiro atoms. The Bertz CT molecular complexity index is 475. The second-order valence-corrected chi connectivity index (χ2v) is 4.58. The van der Waals surface area contributed by atoms with Crippen molar-refractivity contribution in [3.05, 3.63) is 29.8 Å². The van der Waals surface area contributed by atoms with Gasteiger partial charge in [-0.3, -0.25) is 4.99 Å². The molecule has 4 nitrogen and oxygen atoms in total. The molecule has 0 atom stereocenters. The summed E-state index contributed by atoms with van der Waals surface area (Å²) in [6.45, 7) is 2.86. The van der Waals surface area contributed by atoms with Crippen LogP contribution in [-0.2, 0) is 6.42 Å². The van der Waals surface area contributed by atoms with Gasteiger partial charge in [-0.25, -0.2) is 0 Å². The molecule has 0 aliphatic rings. The Labute approximate surface area is 128 Å². The van der Waals surface area contributed by atoms with Crippen molar-refractivity contribution in [1.29, 1.82) is 0 Å². The number of ether oxygens (including phenoxy) is 1. The summed E-state index contributed by atoms with van der Waals surface area (Å²) in [6.07, 6.45) is -4.36. The van der Waals surface area contributed by atoms with Gasteiger partial charge < -0.3 is 15.4 Å². The zero-order valence-corrected chi connectivity index (χ0v) is 12.8. The molecule has 0 aliphatic carbocycles. The number of nitrogens with zero attached hydrogens (tertiary/aromatic N) is 1. The molecule has 7 heteroatoms. The highest BCUT2D eigenvalue weighted by molar-refractivity contribution is 5.79. The monoisotopic (exact) mass is 317 g/mol. The third kappa shape index (κ3) is 7.19. The molecule has 1 rings (SSSR count). The van der Waals surface area contributed by atoms with Crippen molar-refractivity contribution in [3.63, 3.8) is 0 Å². The molecule has 1 aromatic carbocycles. The lowest BCUT2D eigenvalue weighted by atomic mass is 10.1. The van der Waals surface area contributed by atoms with E-state index in [0.29, 0.717) is 25.5 Å². The molecule has 0 aliphatic heterocycles. The van der Waals surface area contributed by atoms with Gasteiger partial charge >= 0.3 is 6.18 Å². The van der Waals surface area contributed by atoms with Gasteiger partial charge in [0.2, 0.25) is 0 Å². The Morgan fingerprint density at radius 2 is 1.86 bits per heavy atom. The summed E-state index contributed by atoms with van der Waals surface area (Å²) >= 11 is 0. The SMILES string of the molecule is CCOc1ccccc1CCNC(=NC)NCCC(F)(F)F. The third-order valence-corrected chi connectivity index (χ3v) is 2.88. The zero-order valence-electron chi connectivity index (χ0n) is 12.8. The molecule has 0 bridgehead atoms. The van der Waals surface area contributed by atoms with Crippen LogP contribution >= 0.6 is 0 Å². The van der Waals surface area contributed by atoms with E-state index in [4.69, 9.17) is 4.74 Å². The Morgan fingerprint density at radius 1 is 1.18 bits per heavy atom. The first-order valence-electron chi connectivity index (χ1n) is 7.18. The van der Waals surface area contributed by atoms with Gasteiger partial charge in [0.25, 0.3) is 0 Å². The van der Waals surface area contributed by atoms with E-state index in [-0.39, 0.29) is 6.54 Å². The highest BCUT2D eigenvalue weighted by atomic mass is 19.4. The lowest BCUT2D eigenvalue weighted by Crippen LogP contribution is -2.39. The summed E-state index contributed by atoms with van der Waals surface area (Å²) in [6, 6.07) is 7.69. The van der Waals surface area contributed by atoms with Crippen LogP contribution in [0.3, 0.4) is 0 Å². The minimum absolute atomic E-state index is 0.196. The van der Waals surface area contributed by atoms with Crippen molar-refractivity contribution in [2.24, 2.45) is 4.99 Å². The molecule has 0 unspecified atom stereocenters. The first-order valence-corrected chi connectivity index (χ1v) is 7.18. The summed E-state index contributed by atoms with van der Waals surface area (Å²) in [5, 5.41) is 5.63. The number of rotatable bonds is 7. The summed E-state index contributed by atoms with van der Waals surface area (Å²) in [5.41, 5.74) is 1.04. The van der Waals surface area contributed by atoms with Gasteiger partial charge in [-0.05, 0) is 25.0 Å². The zero-order chi connectivity index (χ0) is 16.4. The van der Waals surface area contributed by atoms with Crippen LogP contribution in [0.15, 0.2) is 29.3 Å². The van der Waals surface area contributed by atoms with E-state index < -0.39 is 12.6 Å². The van der Waals surface area contributed by atoms with Crippen LogP contribution in [0.5, 0.6) is 5.75 Å². The number of nitrogens with one attached hydrogen (secondary N) is 2. The topological polar surface area (TPSA) is 45.6 Å². The van der Waals surface area contributed by atoms with E-state index in [0.717, 1.165) is 11.3 Å². The van der Waals surface area contributed by atoms with E-state index in [2.05, 4.69) is 15.6 Å². The Balaban J connectivity index is 2.39. The van der Waals surface area contributed by atoms with E-state index in [1.165, 1.54) is 7.05 Å². The number of benzene rings is 1. The van der Waals surface area contributed by atoms with Crippen molar-refractivity contribution >= 4 is 5.96 Å². The van der Waals surface area contributed by atoms with Gasteiger partial charge in [0.1, 0.15) is 5.75 Å². The van der Waals surface area contributed by atoms with E-state index in [1.54, 1.807) is 0 Å². The number of halogens is 3. The fourth-order valence-corrected chi connectivity index (χ4v) is 1.87. The predicted octanol–water partition coefficient (Wildman–Crippen LogP) is 2.75. The highest BCUT2D eigenvalue weighted by Crippen LogP contribution is 2.18. The Kier molecular flexibility index (Phi) is 7.56. The minimum Gasteiger partial charge on any atom is -0.494 e. The maximum atomic E-state index is 12.1. The normalized spacial score (nSPS) is 12.1. The number of hydrogen-bond acceptors (Lipinski definition) is 2. The Hall–Kier alpha value is -1.92. The number of aliphatic imine (C=N–C) groups is 1. The van der Waals surface area contributed by atoms with Crippen LogP contribution in [0, 0.1) is 0 Å². The predicted molar refractivity (Wildman–Crippen MR) is 81.4 cm³/mol. The first kappa shape index (κ1) is 18.1. The quantitative estimate of drug-likeness (QED) is 0.600. The number of alkyl halides is 3. The summed E-state index contributed by atoms with van der Waals surface area (Å²) in [4.78, 5) is 3.89. The average molecular weight is 317 g/mol. The molecule has 22 heavy (non-hydrogen) atoms. The van der Waals surface area contributed by atoms with Crippen LogP contribution in [-0.4, -0.2) is 38.9 Å². The Morgan fingerprint density at radius 3 is 2.50 bits per heavy atom. The van der Waals surface area contributed by atoms with E-state index in [9.17, 15) is 13.2 Å². The highest BCUT2D eigenvalue weighted by Gasteiger charge is 2.26. The second kappa shape index (κ2) is 9.17. The molecular weight excluding hydrogens is 295 g/mol. The largest absolute Gasteiger partial charge is 0.494 e. The molecule has 1 aromatic rings. The molecule has 0 amide bonds. The molecule has 0 heterocycles. The van der Waals surface area contributed by atoms with E-state index >= 15 is 0 Å². The van der Waals surface area contributed by atoms with Crippen LogP contribution in [0.4, 0.5) is 13.2 Å². The summed E-state index contributed by atoms with van der Waals surface area (Å²) in [5.74, 6) is 1.19. The van der Waals surface area contributed by atoms with Crippen molar-refractivity contribution in [2.75, 3.05) is 26.7 Å². The van der Waals surface area contributed by atoms with Gasteiger partial charge in [-0.1, -0.05) is 18.2 Å². The number of hydrogen-bond donors (Lipinski definition) is 2. The molecule has 0 saturated carbocycles. The van der Waals surface area contributed by atoms with Crippen LogP contribution < -0.4 is 15.4 Å². The molecule has 0 fully saturated rings. The van der Waals surface area contributed by atoms with Crippen molar-refractivity contribution in [2.45, 2.75) is 25.9 Å². The van der Waals surface area contributed by atoms with Crippen molar-refractivity contribution in [1.82, 2.24) is 10.6 Å². The van der Waals surface area contributed by atoms with Gasteiger partial charge in [0, 0.05) is 20.1 Å². The van der Waals surface area contributed by atoms with Gasteiger partial charge in [-0.2, -0.15) is 13.2 Å².